The minimum atomic E-state index is -4.57. The lowest BCUT2D eigenvalue weighted by Gasteiger charge is -2.18. The molecule has 10 heteroatoms. The zero-order valence-electron chi connectivity index (χ0n) is 19.8. The molecule has 0 aromatic heterocycles. The third-order valence-corrected chi connectivity index (χ3v) is 6.53. The predicted octanol–water partition coefficient (Wildman–Crippen LogP) is 6.45. The molecule has 0 fully saturated rings. The smallest absolute Gasteiger partial charge is 0.416 e. The molecule has 194 valence electrons. The summed E-state index contributed by atoms with van der Waals surface area (Å²) in [5.74, 6) is -0.986. The standard InChI is InChI=1S/C27H24F3NO5S/c1-37(34,35)31-21-13-18(12-19(14-21)26(32)33)22-8-5-9-23(22)24-15-20(27(28,29)30)10-11-25(24)36-16-17-6-3-2-4-7-17/h2-4,6-7,10-15,31H,5,8-9,16H2,1H3,(H,32,33). The summed E-state index contributed by atoms with van der Waals surface area (Å²) in [5, 5.41) is 9.57. The Kier molecular flexibility index (Phi) is 7.31. The Labute approximate surface area is 212 Å². The Bertz CT molecular complexity index is 1470. The molecule has 1 aliphatic carbocycles. The molecule has 0 saturated carbocycles. The highest BCUT2D eigenvalue weighted by Crippen LogP contribution is 2.45. The molecule has 1 aliphatic rings. The molecule has 6 nitrogen and oxygen atoms in total. The number of ether oxygens (including phenoxy) is 1. The Morgan fingerprint density at radius 3 is 2.35 bits per heavy atom. The van der Waals surface area contributed by atoms with Gasteiger partial charge in [-0.3, -0.25) is 4.72 Å². The summed E-state index contributed by atoms with van der Waals surface area (Å²) < 4.78 is 72.6. The number of rotatable bonds is 8. The number of allylic oxidation sites excluding steroid dienone is 2. The number of anilines is 1. The Balaban J connectivity index is 1.84. The zero-order valence-corrected chi connectivity index (χ0v) is 20.6. The monoisotopic (exact) mass is 531 g/mol. The average molecular weight is 532 g/mol. The predicted molar refractivity (Wildman–Crippen MR) is 135 cm³/mol. The van der Waals surface area contributed by atoms with Gasteiger partial charge in [-0.25, -0.2) is 13.2 Å². The fourth-order valence-corrected chi connectivity index (χ4v) is 4.91. The van der Waals surface area contributed by atoms with E-state index < -0.39 is 27.7 Å². The van der Waals surface area contributed by atoms with Crippen molar-refractivity contribution in [3.05, 3.63) is 94.5 Å². The van der Waals surface area contributed by atoms with E-state index in [0.29, 0.717) is 36.0 Å². The Morgan fingerprint density at radius 2 is 1.70 bits per heavy atom. The summed E-state index contributed by atoms with van der Waals surface area (Å²) in [7, 11) is -3.69. The van der Waals surface area contributed by atoms with E-state index in [4.69, 9.17) is 4.74 Å². The molecular formula is C27H24F3NO5S. The van der Waals surface area contributed by atoms with Crippen molar-refractivity contribution in [1.82, 2.24) is 0 Å². The SMILES string of the molecule is CS(=O)(=O)Nc1cc(C(=O)O)cc(C2=C(c3cc(C(F)(F)F)ccc3OCc3ccccc3)CCC2)c1. The zero-order chi connectivity index (χ0) is 26.8. The van der Waals surface area contributed by atoms with Crippen LogP contribution in [0.25, 0.3) is 11.1 Å². The first kappa shape index (κ1) is 26.3. The number of halogens is 3. The molecule has 0 atom stereocenters. The van der Waals surface area contributed by atoms with Gasteiger partial charge in [-0.05, 0) is 77.9 Å². The molecule has 0 amide bonds. The summed E-state index contributed by atoms with van der Waals surface area (Å²) in [5.41, 5.74) is 1.87. The largest absolute Gasteiger partial charge is 0.488 e. The Morgan fingerprint density at radius 1 is 1.00 bits per heavy atom. The molecule has 0 saturated heterocycles. The molecule has 3 aromatic carbocycles. The molecule has 4 rings (SSSR count). The minimum absolute atomic E-state index is 0.0562. The van der Waals surface area contributed by atoms with E-state index in [-0.39, 0.29) is 29.2 Å². The van der Waals surface area contributed by atoms with Gasteiger partial charge in [-0.1, -0.05) is 30.3 Å². The van der Waals surface area contributed by atoms with Gasteiger partial charge in [0, 0.05) is 11.3 Å². The normalized spacial score (nSPS) is 14.1. The van der Waals surface area contributed by atoms with Crippen molar-refractivity contribution in [3.8, 4) is 5.75 Å². The number of hydrogen-bond donors (Lipinski definition) is 2. The van der Waals surface area contributed by atoms with Crippen LogP contribution in [0.5, 0.6) is 5.75 Å². The maximum absolute atomic E-state index is 13.6. The molecule has 0 heterocycles. The summed E-state index contributed by atoms with van der Waals surface area (Å²) >= 11 is 0. The highest BCUT2D eigenvalue weighted by molar-refractivity contribution is 7.92. The van der Waals surface area contributed by atoms with E-state index in [9.17, 15) is 31.5 Å². The van der Waals surface area contributed by atoms with Crippen molar-refractivity contribution in [2.75, 3.05) is 11.0 Å². The van der Waals surface area contributed by atoms with Crippen molar-refractivity contribution >= 4 is 32.8 Å². The third kappa shape index (κ3) is 6.51. The van der Waals surface area contributed by atoms with Crippen molar-refractivity contribution in [1.29, 1.82) is 0 Å². The number of benzene rings is 3. The van der Waals surface area contributed by atoms with Gasteiger partial charge < -0.3 is 9.84 Å². The van der Waals surface area contributed by atoms with E-state index >= 15 is 0 Å². The van der Waals surface area contributed by atoms with Crippen molar-refractivity contribution in [2.24, 2.45) is 0 Å². The molecule has 0 aliphatic heterocycles. The van der Waals surface area contributed by atoms with Crippen LogP contribution in [0.1, 0.15) is 51.9 Å². The first-order valence-corrected chi connectivity index (χ1v) is 13.3. The number of sulfonamides is 1. The first-order chi connectivity index (χ1) is 17.4. The summed E-state index contributed by atoms with van der Waals surface area (Å²) in [6.45, 7) is 0.152. The van der Waals surface area contributed by atoms with E-state index in [1.165, 1.54) is 24.3 Å². The summed E-state index contributed by atoms with van der Waals surface area (Å²) in [4.78, 5) is 11.7. The van der Waals surface area contributed by atoms with Gasteiger partial charge >= 0.3 is 12.1 Å². The van der Waals surface area contributed by atoms with Gasteiger partial charge in [0.1, 0.15) is 12.4 Å². The fourth-order valence-electron chi connectivity index (χ4n) is 4.36. The lowest BCUT2D eigenvalue weighted by Crippen LogP contribution is -2.11. The van der Waals surface area contributed by atoms with E-state index in [1.807, 2.05) is 30.3 Å². The van der Waals surface area contributed by atoms with E-state index in [1.54, 1.807) is 0 Å². The first-order valence-electron chi connectivity index (χ1n) is 11.4. The van der Waals surface area contributed by atoms with Crippen LogP contribution in [0.15, 0.2) is 66.7 Å². The van der Waals surface area contributed by atoms with Crippen LogP contribution in [0, 0.1) is 0 Å². The molecule has 0 spiro atoms. The van der Waals surface area contributed by atoms with Crippen LogP contribution in [0.4, 0.5) is 18.9 Å². The van der Waals surface area contributed by atoms with Gasteiger partial charge in [-0.15, -0.1) is 0 Å². The van der Waals surface area contributed by atoms with Crippen LogP contribution in [0.3, 0.4) is 0 Å². The number of carboxylic acids is 1. The highest BCUT2D eigenvalue weighted by Gasteiger charge is 2.32. The van der Waals surface area contributed by atoms with E-state index in [2.05, 4.69) is 4.72 Å². The minimum Gasteiger partial charge on any atom is -0.488 e. The highest BCUT2D eigenvalue weighted by atomic mass is 32.2. The maximum atomic E-state index is 13.6. The van der Waals surface area contributed by atoms with Crippen LogP contribution in [0.2, 0.25) is 0 Å². The number of carbonyl (C=O) groups is 1. The quantitative estimate of drug-likeness (QED) is 0.349. The molecule has 0 unspecified atom stereocenters. The Hall–Kier alpha value is -3.79. The number of hydrogen-bond acceptors (Lipinski definition) is 4. The molecule has 3 aromatic rings. The average Bonchev–Trinajstić information content (AvgIpc) is 3.31. The summed E-state index contributed by atoms with van der Waals surface area (Å²) in [6, 6.07) is 16.6. The fraction of sp³-hybridized carbons (Fsp3) is 0.222. The molecule has 0 radical (unpaired) electrons. The molecule has 0 bridgehead atoms. The second-order valence-electron chi connectivity index (χ2n) is 8.77. The number of aromatic carboxylic acids is 1. The van der Waals surface area contributed by atoms with Crippen LogP contribution in [-0.4, -0.2) is 25.7 Å². The van der Waals surface area contributed by atoms with Crippen molar-refractivity contribution < 1.29 is 36.2 Å². The van der Waals surface area contributed by atoms with E-state index in [0.717, 1.165) is 24.0 Å². The van der Waals surface area contributed by atoms with Gasteiger partial charge in [0.2, 0.25) is 10.0 Å². The molecular weight excluding hydrogens is 507 g/mol. The third-order valence-electron chi connectivity index (χ3n) is 5.92. The number of nitrogens with one attached hydrogen (secondary N) is 1. The van der Waals surface area contributed by atoms with Crippen molar-refractivity contribution in [3.63, 3.8) is 0 Å². The maximum Gasteiger partial charge on any atom is 0.416 e. The van der Waals surface area contributed by atoms with Gasteiger partial charge in [0.05, 0.1) is 17.4 Å². The summed E-state index contributed by atoms with van der Waals surface area (Å²) in [6.07, 6.45) is -2.07. The molecule has 2 N–H and O–H groups in total. The second-order valence-corrected chi connectivity index (χ2v) is 10.5. The van der Waals surface area contributed by atoms with Crippen LogP contribution < -0.4 is 9.46 Å². The van der Waals surface area contributed by atoms with Crippen LogP contribution >= 0.6 is 0 Å². The van der Waals surface area contributed by atoms with Gasteiger partial charge in [0.25, 0.3) is 0 Å². The number of carboxylic acid groups (broad SMARTS) is 1. The van der Waals surface area contributed by atoms with Crippen LogP contribution in [-0.2, 0) is 22.8 Å². The van der Waals surface area contributed by atoms with Crippen molar-refractivity contribution in [2.45, 2.75) is 32.0 Å². The molecule has 37 heavy (non-hydrogen) atoms. The van der Waals surface area contributed by atoms with Gasteiger partial charge in [-0.2, -0.15) is 13.2 Å². The lowest BCUT2D eigenvalue weighted by molar-refractivity contribution is -0.137. The number of alkyl halides is 3. The topological polar surface area (TPSA) is 92.7 Å². The lowest BCUT2D eigenvalue weighted by atomic mass is 9.94. The van der Waals surface area contributed by atoms with Gasteiger partial charge in [0.15, 0.2) is 0 Å². The second kappa shape index (κ2) is 10.3.